The van der Waals surface area contributed by atoms with Gasteiger partial charge in [-0.15, -0.1) is 0 Å². The van der Waals surface area contributed by atoms with Crippen LogP contribution in [0.5, 0.6) is 0 Å². The van der Waals surface area contributed by atoms with Gasteiger partial charge in [-0.1, -0.05) is 67.6 Å². The van der Waals surface area contributed by atoms with Gasteiger partial charge in [-0.2, -0.15) is 0 Å². The Bertz CT molecular complexity index is 1160. The van der Waals surface area contributed by atoms with Gasteiger partial charge in [-0.05, 0) is 24.0 Å². The van der Waals surface area contributed by atoms with E-state index in [1.54, 1.807) is 31.2 Å². The van der Waals surface area contributed by atoms with Crippen molar-refractivity contribution in [1.29, 1.82) is 0 Å². The second-order valence-corrected chi connectivity index (χ2v) is 9.84. The predicted molar refractivity (Wildman–Crippen MR) is 161 cm³/mol. The lowest BCUT2D eigenvalue weighted by molar-refractivity contribution is -0.151. The number of hydrogen-bond acceptors (Lipinski definition) is 10. The fraction of sp³-hybridized carbons (Fsp3) is 0.469. The molecule has 44 heavy (non-hydrogen) atoms. The van der Waals surface area contributed by atoms with Crippen LogP contribution in [0.15, 0.2) is 60.7 Å². The average Bonchev–Trinajstić information content (AvgIpc) is 3.05. The molecular formula is C32H43N3O9. The van der Waals surface area contributed by atoms with E-state index in [2.05, 4.69) is 10.6 Å². The molecule has 0 aliphatic rings. The van der Waals surface area contributed by atoms with Crippen LogP contribution in [-0.2, 0) is 56.1 Å². The van der Waals surface area contributed by atoms with E-state index in [1.165, 1.54) is 0 Å². The molecule has 0 aliphatic heterocycles. The van der Waals surface area contributed by atoms with Crippen LogP contribution in [0.4, 0.5) is 0 Å². The van der Waals surface area contributed by atoms with Crippen LogP contribution >= 0.6 is 0 Å². The molecule has 0 bridgehead atoms. The predicted octanol–water partition coefficient (Wildman–Crippen LogP) is 1.97. The summed E-state index contributed by atoms with van der Waals surface area (Å²) < 4.78 is 21.2. The standard InChI is InChI=1S/C32H43N3O9/c1-2-26(36)13-14-27(34-29(37)23-42-20-19-41-18-17-33)31(39)35-28(32(40)44-22-25-11-7-4-8-12-25)15-16-30(38)43-21-24-9-5-3-6-10-24/h3-12,27-28H,2,13-23,33H2,1H3,(H,34,37)(H,35,39). The Balaban J connectivity index is 2.04. The summed E-state index contributed by atoms with van der Waals surface area (Å²) in [4.78, 5) is 63.4. The third-order valence-electron chi connectivity index (χ3n) is 6.33. The summed E-state index contributed by atoms with van der Waals surface area (Å²) in [5.74, 6) is -2.69. The molecule has 2 atom stereocenters. The van der Waals surface area contributed by atoms with Gasteiger partial charge in [-0.25, -0.2) is 4.79 Å². The molecule has 12 heteroatoms. The van der Waals surface area contributed by atoms with E-state index in [0.29, 0.717) is 13.2 Å². The number of Topliss-reactive ketones (excluding diaryl/α,β-unsaturated/α-hetero) is 1. The fourth-order valence-corrected chi connectivity index (χ4v) is 3.88. The number of rotatable bonds is 22. The van der Waals surface area contributed by atoms with Gasteiger partial charge in [0.1, 0.15) is 37.7 Å². The first-order chi connectivity index (χ1) is 21.3. The van der Waals surface area contributed by atoms with Crippen molar-refractivity contribution in [1.82, 2.24) is 10.6 Å². The van der Waals surface area contributed by atoms with Crippen molar-refractivity contribution in [2.75, 3.05) is 33.0 Å². The number of ketones is 1. The normalized spacial score (nSPS) is 12.0. The molecule has 2 aromatic carbocycles. The number of hydrogen-bond donors (Lipinski definition) is 3. The second kappa shape index (κ2) is 21.5. The van der Waals surface area contributed by atoms with E-state index in [4.69, 9.17) is 24.7 Å². The van der Waals surface area contributed by atoms with Crippen molar-refractivity contribution in [3.8, 4) is 0 Å². The Morgan fingerprint density at radius 2 is 1.32 bits per heavy atom. The van der Waals surface area contributed by atoms with Crippen LogP contribution in [0.3, 0.4) is 0 Å². The topological polar surface area (TPSA) is 172 Å². The smallest absolute Gasteiger partial charge is 0.328 e. The van der Waals surface area contributed by atoms with Gasteiger partial charge in [-0.3, -0.25) is 19.2 Å². The molecule has 2 rings (SSSR count). The number of nitrogens with two attached hydrogens (primary N) is 1. The largest absolute Gasteiger partial charge is 0.461 e. The zero-order valence-electron chi connectivity index (χ0n) is 25.2. The molecule has 0 saturated heterocycles. The Labute approximate surface area is 257 Å². The van der Waals surface area contributed by atoms with E-state index >= 15 is 0 Å². The summed E-state index contributed by atoms with van der Waals surface area (Å²) in [6, 6.07) is 15.8. The molecular weight excluding hydrogens is 570 g/mol. The minimum atomic E-state index is -1.22. The number of carbonyl (C=O) groups is 5. The molecule has 4 N–H and O–H groups in total. The lowest BCUT2D eigenvalue weighted by Crippen LogP contribution is -2.52. The van der Waals surface area contributed by atoms with E-state index in [-0.39, 0.29) is 70.9 Å². The van der Waals surface area contributed by atoms with Crippen molar-refractivity contribution in [2.24, 2.45) is 5.73 Å². The first-order valence-corrected chi connectivity index (χ1v) is 14.7. The van der Waals surface area contributed by atoms with E-state index in [9.17, 15) is 24.0 Å². The van der Waals surface area contributed by atoms with E-state index in [1.807, 2.05) is 36.4 Å². The van der Waals surface area contributed by atoms with Crippen LogP contribution in [-0.4, -0.2) is 74.6 Å². The summed E-state index contributed by atoms with van der Waals surface area (Å²) in [6.07, 6.45) is 0.0388. The monoisotopic (exact) mass is 613 g/mol. The first-order valence-electron chi connectivity index (χ1n) is 14.7. The molecule has 0 heterocycles. The van der Waals surface area contributed by atoms with Gasteiger partial charge in [0, 0.05) is 25.8 Å². The van der Waals surface area contributed by atoms with E-state index < -0.39 is 35.8 Å². The highest BCUT2D eigenvalue weighted by molar-refractivity contribution is 5.91. The maximum Gasteiger partial charge on any atom is 0.328 e. The van der Waals surface area contributed by atoms with Gasteiger partial charge in [0.25, 0.3) is 0 Å². The number of nitrogens with one attached hydrogen (secondary N) is 2. The summed E-state index contributed by atoms with van der Waals surface area (Å²) in [5, 5.41) is 5.17. The Morgan fingerprint density at radius 3 is 1.93 bits per heavy atom. The van der Waals surface area contributed by atoms with Crippen molar-refractivity contribution in [3.05, 3.63) is 71.8 Å². The quantitative estimate of drug-likeness (QED) is 0.132. The Kier molecular flexibility index (Phi) is 17.7. The highest BCUT2D eigenvalue weighted by atomic mass is 16.5. The lowest BCUT2D eigenvalue weighted by Gasteiger charge is -2.22. The lowest BCUT2D eigenvalue weighted by atomic mass is 10.1. The molecule has 0 saturated carbocycles. The summed E-state index contributed by atoms with van der Waals surface area (Å²) in [5.41, 5.74) is 6.90. The average molecular weight is 614 g/mol. The van der Waals surface area contributed by atoms with Crippen molar-refractivity contribution in [3.63, 3.8) is 0 Å². The van der Waals surface area contributed by atoms with Crippen LogP contribution in [0.2, 0.25) is 0 Å². The van der Waals surface area contributed by atoms with Gasteiger partial charge in [0.15, 0.2) is 0 Å². The number of carbonyl (C=O) groups excluding carboxylic acids is 5. The third kappa shape index (κ3) is 15.4. The molecule has 0 aromatic heterocycles. The Morgan fingerprint density at radius 1 is 0.727 bits per heavy atom. The van der Waals surface area contributed by atoms with Gasteiger partial charge >= 0.3 is 11.9 Å². The third-order valence-corrected chi connectivity index (χ3v) is 6.33. The summed E-state index contributed by atoms with van der Waals surface area (Å²) in [6.45, 7) is 2.51. The van der Waals surface area contributed by atoms with Crippen LogP contribution in [0.1, 0.15) is 50.2 Å². The van der Waals surface area contributed by atoms with Gasteiger partial charge in [0.2, 0.25) is 11.8 Å². The molecule has 2 unspecified atom stereocenters. The van der Waals surface area contributed by atoms with Crippen LogP contribution < -0.4 is 16.4 Å². The molecule has 0 radical (unpaired) electrons. The number of ether oxygens (including phenoxy) is 4. The highest BCUT2D eigenvalue weighted by Gasteiger charge is 2.29. The fourth-order valence-electron chi connectivity index (χ4n) is 3.88. The molecule has 2 amide bonds. The van der Waals surface area contributed by atoms with Crippen LogP contribution in [0, 0.1) is 0 Å². The van der Waals surface area contributed by atoms with Crippen LogP contribution in [0.25, 0.3) is 0 Å². The van der Waals surface area contributed by atoms with Crippen molar-refractivity contribution in [2.45, 2.75) is 64.3 Å². The zero-order chi connectivity index (χ0) is 32.0. The maximum atomic E-state index is 13.3. The molecule has 240 valence electrons. The summed E-state index contributed by atoms with van der Waals surface area (Å²) >= 11 is 0. The first kappa shape index (κ1) is 36.1. The van der Waals surface area contributed by atoms with Crippen molar-refractivity contribution >= 4 is 29.5 Å². The molecule has 0 fully saturated rings. The second-order valence-electron chi connectivity index (χ2n) is 9.84. The maximum absolute atomic E-state index is 13.3. The number of amides is 2. The van der Waals surface area contributed by atoms with Gasteiger partial charge in [0.05, 0.1) is 19.8 Å². The highest BCUT2D eigenvalue weighted by Crippen LogP contribution is 2.10. The Hall–Kier alpha value is -4.13. The van der Waals surface area contributed by atoms with Crippen molar-refractivity contribution < 1.29 is 42.9 Å². The number of benzene rings is 2. The summed E-state index contributed by atoms with van der Waals surface area (Å²) in [7, 11) is 0. The SMILES string of the molecule is CCC(=O)CCC(NC(=O)COCCOCCN)C(=O)NC(CCC(=O)OCc1ccccc1)C(=O)OCc1ccccc1. The molecule has 0 aliphatic carbocycles. The molecule has 0 spiro atoms. The molecule has 2 aromatic rings. The molecule has 12 nitrogen and oxygen atoms in total. The minimum Gasteiger partial charge on any atom is -0.461 e. The van der Waals surface area contributed by atoms with Gasteiger partial charge < -0.3 is 35.3 Å². The van der Waals surface area contributed by atoms with E-state index in [0.717, 1.165) is 11.1 Å². The zero-order valence-corrected chi connectivity index (χ0v) is 25.2. The minimum absolute atomic E-state index is 0.00869. The number of esters is 2.